The third-order valence-electron chi connectivity index (χ3n) is 6.41. The van der Waals surface area contributed by atoms with Gasteiger partial charge in [-0.3, -0.25) is 9.59 Å². The van der Waals surface area contributed by atoms with E-state index in [4.69, 9.17) is 9.47 Å². The van der Waals surface area contributed by atoms with Crippen molar-refractivity contribution < 1.29 is 29.3 Å². The molecule has 4 rings (SSSR count). The molecule has 2 aromatic carbocycles. The van der Waals surface area contributed by atoms with E-state index in [0.717, 1.165) is 25.7 Å². The Kier molecular flexibility index (Phi) is 6.82. The molecule has 1 aliphatic carbocycles. The molecule has 0 aromatic heterocycles. The first kappa shape index (κ1) is 23.7. The smallest absolute Gasteiger partial charge is 0.295 e. The quantitative estimate of drug-likeness (QED) is 0.346. The minimum absolute atomic E-state index is 0.0162. The number of hydrogen-bond acceptors (Lipinski definition) is 6. The van der Waals surface area contributed by atoms with E-state index in [-0.39, 0.29) is 28.9 Å². The number of aromatic hydroxyl groups is 1. The molecule has 1 unspecified atom stereocenters. The SMILES string of the molecule is COc1ccc(C2/C(=C(/O)c3cccc(OCC(C)C)c3)C(=O)C(=O)N2C2CCCC2)cc1O. The number of aliphatic hydroxyl groups excluding tert-OH is 1. The number of carbonyl (C=O) groups is 2. The van der Waals surface area contributed by atoms with E-state index in [1.165, 1.54) is 13.2 Å². The lowest BCUT2D eigenvalue weighted by Gasteiger charge is -2.31. The normalized spacial score (nSPS) is 20.4. The van der Waals surface area contributed by atoms with Crippen molar-refractivity contribution in [2.24, 2.45) is 5.92 Å². The van der Waals surface area contributed by atoms with Crippen LogP contribution in [0.1, 0.15) is 56.7 Å². The van der Waals surface area contributed by atoms with Gasteiger partial charge in [0.2, 0.25) is 0 Å². The van der Waals surface area contributed by atoms with Crippen molar-refractivity contribution >= 4 is 17.4 Å². The topological polar surface area (TPSA) is 96.3 Å². The number of amides is 1. The van der Waals surface area contributed by atoms with Crippen molar-refractivity contribution in [2.75, 3.05) is 13.7 Å². The molecule has 1 heterocycles. The van der Waals surface area contributed by atoms with Gasteiger partial charge in [0, 0.05) is 11.6 Å². The third-order valence-corrected chi connectivity index (χ3v) is 6.41. The van der Waals surface area contributed by atoms with Gasteiger partial charge in [-0.25, -0.2) is 0 Å². The second-order valence-corrected chi connectivity index (χ2v) is 9.31. The summed E-state index contributed by atoms with van der Waals surface area (Å²) in [6.07, 6.45) is 3.54. The zero-order valence-electron chi connectivity index (χ0n) is 19.8. The summed E-state index contributed by atoms with van der Waals surface area (Å²) in [4.78, 5) is 28.0. The number of ether oxygens (including phenoxy) is 2. The molecule has 1 atom stereocenters. The zero-order valence-corrected chi connectivity index (χ0v) is 19.8. The van der Waals surface area contributed by atoms with E-state index < -0.39 is 17.7 Å². The molecule has 2 aliphatic rings. The van der Waals surface area contributed by atoms with E-state index in [2.05, 4.69) is 0 Å². The number of Topliss-reactive ketones (excluding diaryl/α,β-unsaturated/α-hetero) is 1. The van der Waals surface area contributed by atoms with Gasteiger partial charge in [-0.2, -0.15) is 0 Å². The van der Waals surface area contributed by atoms with Crippen LogP contribution < -0.4 is 9.47 Å². The van der Waals surface area contributed by atoms with Crippen molar-refractivity contribution in [1.82, 2.24) is 4.90 Å². The van der Waals surface area contributed by atoms with Gasteiger partial charge in [-0.15, -0.1) is 0 Å². The molecule has 0 radical (unpaired) electrons. The van der Waals surface area contributed by atoms with E-state index in [9.17, 15) is 19.8 Å². The van der Waals surface area contributed by atoms with Crippen molar-refractivity contribution in [3.8, 4) is 17.2 Å². The van der Waals surface area contributed by atoms with Crippen LogP contribution >= 0.6 is 0 Å². The molecule has 1 saturated heterocycles. The van der Waals surface area contributed by atoms with Gasteiger partial charge >= 0.3 is 0 Å². The molecule has 7 nitrogen and oxygen atoms in total. The zero-order chi connectivity index (χ0) is 24.4. The Labute approximate surface area is 199 Å². The average molecular weight is 466 g/mol. The standard InChI is InChI=1S/C27H31NO6/c1-16(2)15-34-20-10-6-7-18(13-20)25(30)23-24(17-11-12-22(33-3)21(29)14-17)28(27(32)26(23)31)19-8-4-5-9-19/h6-7,10-14,16,19,24,29-30H,4-5,8-9,15H2,1-3H3/b25-23-. The molecule has 2 aromatic rings. The highest BCUT2D eigenvalue weighted by Gasteiger charge is 2.49. The fourth-order valence-electron chi connectivity index (χ4n) is 4.77. The molecule has 34 heavy (non-hydrogen) atoms. The largest absolute Gasteiger partial charge is 0.507 e. The Balaban J connectivity index is 1.82. The molecular formula is C27H31NO6. The Bertz CT molecular complexity index is 1120. The van der Waals surface area contributed by atoms with Crippen LogP contribution in [0, 0.1) is 5.92 Å². The maximum absolute atomic E-state index is 13.3. The monoisotopic (exact) mass is 465 g/mol. The highest BCUT2D eigenvalue weighted by Crippen LogP contribution is 2.45. The van der Waals surface area contributed by atoms with Crippen LogP contribution in [0.15, 0.2) is 48.0 Å². The number of aliphatic hydroxyl groups is 1. The van der Waals surface area contributed by atoms with Gasteiger partial charge in [0.05, 0.1) is 25.3 Å². The second-order valence-electron chi connectivity index (χ2n) is 9.31. The predicted molar refractivity (Wildman–Crippen MR) is 128 cm³/mol. The van der Waals surface area contributed by atoms with Crippen LogP contribution in [0.4, 0.5) is 0 Å². The van der Waals surface area contributed by atoms with Crippen molar-refractivity contribution in [2.45, 2.75) is 51.6 Å². The lowest BCUT2D eigenvalue weighted by Crippen LogP contribution is -2.37. The molecule has 2 N–H and O–H groups in total. The molecule has 2 fully saturated rings. The fourth-order valence-corrected chi connectivity index (χ4v) is 4.77. The number of hydrogen-bond donors (Lipinski definition) is 2. The molecule has 1 amide bonds. The molecule has 1 saturated carbocycles. The first-order chi connectivity index (χ1) is 16.3. The number of phenolic OH excluding ortho intramolecular Hbond substituents is 1. The first-order valence-corrected chi connectivity index (χ1v) is 11.7. The van der Waals surface area contributed by atoms with Crippen molar-refractivity contribution in [3.05, 3.63) is 59.2 Å². The molecule has 0 bridgehead atoms. The highest BCUT2D eigenvalue weighted by atomic mass is 16.5. The van der Waals surface area contributed by atoms with Gasteiger partial charge < -0.3 is 24.6 Å². The van der Waals surface area contributed by atoms with Crippen LogP contribution in [-0.4, -0.2) is 46.6 Å². The minimum atomic E-state index is -0.805. The number of carbonyl (C=O) groups excluding carboxylic acids is 2. The van der Waals surface area contributed by atoms with E-state index in [1.54, 1.807) is 41.3 Å². The molecular weight excluding hydrogens is 434 g/mol. The van der Waals surface area contributed by atoms with Crippen LogP contribution in [0.3, 0.4) is 0 Å². The van der Waals surface area contributed by atoms with Gasteiger partial charge in [0.15, 0.2) is 11.5 Å². The summed E-state index contributed by atoms with van der Waals surface area (Å²) in [6, 6.07) is 10.8. The number of likely N-dealkylation sites (tertiary alicyclic amines) is 1. The predicted octanol–water partition coefficient (Wildman–Crippen LogP) is 4.80. The third kappa shape index (κ3) is 4.47. The summed E-state index contributed by atoms with van der Waals surface area (Å²) in [7, 11) is 1.45. The number of methoxy groups -OCH3 is 1. The van der Waals surface area contributed by atoms with Gasteiger partial charge in [-0.1, -0.05) is 44.9 Å². The second kappa shape index (κ2) is 9.79. The van der Waals surface area contributed by atoms with Gasteiger partial charge in [0.1, 0.15) is 11.5 Å². The number of nitrogens with zero attached hydrogens (tertiary/aromatic N) is 1. The summed E-state index contributed by atoms with van der Waals surface area (Å²) < 4.78 is 10.9. The number of benzene rings is 2. The lowest BCUT2D eigenvalue weighted by molar-refractivity contribution is -0.141. The maximum Gasteiger partial charge on any atom is 0.295 e. The molecule has 0 spiro atoms. The number of phenols is 1. The van der Waals surface area contributed by atoms with Gasteiger partial charge in [-0.05, 0) is 48.6 Å². The molecule has 7 heteroatoms. The van der Waals surface area contributed by atoms with Crippen LogP contribution in [0.25, 0.3) is 5.76 Å². The summed E-state index contributed by atoms with van der Waals surface area (Å²) in [5, 5.41) is 21.7. The van der Waals surface area contributed by atoms with Crippen LogP contribution in [0.5, 0.6) is 17.2 Å². The van der Waals surface area contributed by atoms with E-state index in [1.807, 2.05) is 13.8 Å². The first-order valence-electron chi connectivity index (χ1n) is 11.7. The van der Waals surface area contributed by atoms with Crippen molar-refractivity contribution in [1.29, 1.82) is 0 Å². The Hall–Kier alpha value is -3.48. The molecule has 1 aliphatic heterocycles. The summed E-state index contributed by atoms with van der Waals surface area (Å²) in [6.45, 7) is 4.60. The summed E-state index contributed by atoms with van der Waals surface area (Å²) in [5.41, 5.74) is 0.953. The van der Waals surface area contributed by atoms with E-state index >= 15 is 0 Å². The maximum atomic E-state index is 13.3. The summed E-state index contributed by atoms with van der Waals surface area (Å²) >= 11 is 0. The lowest BCUT2D eigenvalue weighted by atomic mass is 9.94. The Morgan fingerprint density at radius 2 is 1.85 bits per heavy atom. The average Bonchev–Trinajstić information content (AvgIpc) is 3.44. The summed E-state index contributed by atoms with van der Waals surface area (Å²) in [5.74, 6) is -0.510. The fraction of sp³-hybridized carbons (Fsp3) is 0.407. The van der Waals surface area contributed by atoms with Crippen LogP contribution in [0.2, 0.25) is 0 Å². The Morgan fingerprint density at radius 1 is 1.12 bits per heavy atom. The van der Waals surface area contributed by atoms with Gasteiger partial charge in [0.25, 0.3) is 11.7 Å². The number of rotatable bonds is 7. The van der Waals surface area contributed by atoms with Crippen LogP contribution in [-0.2, 0) is 9.59 Å². The number of ketones is 1. The van der Waals surface area contributed by atoms with Crippen molar-refractivity contribution in [3.63, 3.8) is 0 Å². The minimum Gasteiger partial charge on any atom is -0.507 e. The Morgan fingerprint density at radius 3 is 2.50 bits per heavy atom. The molecule has 180 valence electrons. The van der Waals surface area contributed by atoms with E-state index in [0.29, 0.717) is 29.4 Å². The highest BCUT2D eigenvalue weighted by molar-refractivity contribution is 6.46.